The Morgan fingerprint density at radius 3 is 2.78 bits per heavy atom. The molecule has 0 aliphatic heterocycles. The first-order chi connectivity index (χ1) is 8.79. The first-order valence-corrected chi connectivity index (χ1v) is 5.48. The summed E-state index contributed by atoms with van der Waals surface area (Å²) in [5.74, 6) is 0.298. The number of amides is 1. The predicted molar refractivity (Wildman–Crippen MR) is 66.2 cm³/mol. The molecule has 0 aliphatic carbocycles. The van der Waals surface area contributed by atoms with Crippen molar-refractivity contribution in [2.45, 2.75) is 6.54 Å². The Kier molecular flexibility index (Phi) is 3.86. The van der Waals surface area contributed by atoms with Gasteiger partial charge in [-0.05, 0) is 18.2 Å². The SMILES string of the molecule is COc1ccc(C(=O)NCc2ccccn2)cn1. The van der Waals surface area contributed by atoms with Gasteiger partial charge in [-0.25, -0.2) is 4.98 Å². The zero-order valence-corrected chi connectivity index (χ0v) is 9.96. The van der Waals surface area contributed by atoms with Crippen LogP contribution in [-0.2, 0) is 6.54 Å². The van der Waals surface area contributed by atoms with Crippen LogP contribution in [0.5, 0.6) is 5.88 Å². The minimum absolute atomic E-state index is 0.184. The Balaban J connectivity index is 1.95. The lowest BCUT2D eigenvalue weighted by Gasteiger charge is -2.05. The van der Waals surface area contributed by atoms with E-state index < -0.39 is 0 Å². The lowest BCUT2D eigenvalue weighted by molar-refractivity contribution is 0.0950. The fourth-order valence-electron chi connectivity index (χ4n) is 1.41. The van der Waals surface area contributed by atoms with Gasteiger partial charge in [0.05, 0.1) is 24.9 Å². The molecule has 2 rings (SSSR count). The number of hydrogen-bond acceptors (Lipinski definition) is 4. The van der Waals surface area contributed by atoms with E-state index in [4.69, 9.17) is 4.74 Å². The summed E-state index contributed by atoms with van der Waals surface area (Å²) in [4.78, 5) is 19.9. The second-order valence-electron chi connectivity index (χ2n) is 3.59. The van der Waals surface area contributed by atoms with Crippen LogP contribution in [-0.4, -0.2) is 23.0 Å². The zero-order valence-electron chi connectivity index (χ0n) is 9.96. The second kappa shape index (κ2) is 5.77. The molecule has 5 heteroatoms. The van der Waals surface area contributed by atoms with E-state index in [0.717, 1.165) is 5.69 Å². The lowest BCUT2D eigenvalue weighted by Crippen LogP contribution is -2.23. The molecule has 92 valence electrons. The van der Waals surface area contributed by atoms with Crippen molar-refractivity contribution in [1.29, 1.82) is 0 Å². The van der Waals surface area contributed by atoms with Gasteiger partial charge in [0.1, 0.15) is 0 Å². The van der Waals surface area contributed by atoms with Gasteiger partial charge in [0.25, 0.3) is 5.91 Å². The molecule has 0 fully saturated rings. The molecule has 18 heavy (non-hydrogen) atoms. The summed E-state index contributed by atoms with van der Waals surface area (Å²) in [7, 11) is 1.53. The summed E-state index contributed by atoms with van der Waals surface area (Å²) in [5.41, 5.74) is 1.30. The molecule has 0 unspecified atom stereocenters. The molecular formula is C13H13N3O2. The summed E-state index contributed by atoms with van der Waals surface area (Å²) in [6.45, 7) is 0.395. The van der Waals surface area contributed by atoms with Crippen LogP contribution in [0.2, 0.25) is 0 Å². The summed E-state index contributed by atoms with van der Waals surface area (Å²) >= 11 is 0. The quantitative estimate of drug-likeness (QED) is 0.882. The van der Waals surface area contributed by atoms with E-state index in [9.17, 15) is 4.79 Å². The van der Waals surface area contributed by atoms with Crippen LogP contribution in [0.3, 0.4) is 0 Å². The average Bonchev–Trinajstić information content (AvgIpc) is 2.46. The number of ether oxygens (including phenoxy) is 1. The second-order valence-corrected chi connectivity index (χ2v) is 3.59. The molecule has 0 bridgehead atoms. The van der Waals surface area contributed by atoms with Crippen molar-refractivity contribution in [3.8, 4) is 5.88 Å². The van der Waals surface area contributed by atoms with Gasteiger partial charge in [0, 0.05) is 18.5 Å². The number of aromatic nitrogens is 2. The Morgan fingerprint density at radius 2 is 2.17 bits per heavy atom. The van der Waals surface area contributed by atoms with E-state index in [1.165, 1.54) is 13.3 Å². The Bertz CT molecular complexity index is 512. The van der Waals surface area contributed by atoms with Gasteiger partial charge in [0.2, 0.25) is 5.88 Å². The Hall–Kier alpha value is -2.43. The van der Waals surface area contributed by atoms with E-state index in [-0.39, 0.29) is 5.91 Å². The molecule has 1 N–H and O–H groups in total. The smallest absolute Gasteiger partial charge is 0.253 e. The number of nitrogens with one attached hydrogen (secondary N) is 1. The van der Waals surface area contributed by atoms with Crippen LogP contribution in [0.1, 0.15) is 16.1 Å². The highest BCUT2D eigenvalue weighted by Crippen LogP contribution is 2.06. The Morgan fingerprint density at radius 1 is 1.28 bits per heavy atom. The molecule has 0 aliphatic rings. The van der Waals surface area contributed by atoms with Crippen LogP contribution < -0.4 is 10.1 Å². The molecule has 2 aromatic rings. The van der Waals surface area contributed by atoms with E-state index in [2.05, 4.69) is 15.3 Å². The van der Waals surface area contributed by atoms with E-state index in [1.807, 2.05) is 18.2 Å². The third-order valence-electron chi connectivity index (χ3n) is 2.36. The van der Waals surface area contributed by atoms with Crippen molar-refractivity contribution in [3.05, 3.63) is 54.0 Å². The normalized spacial score (nSPS) is 9.83. The highest BCUT2D eigenvalue weighted by atomic mass is 16.5. The number of carbonyl (C=O) groups excluding carboxylic acids is 1. The van der Waals surface area contributed by atoms with Crippen LogP contribution in [0.15, 0.2) is 42.7 Å². The standard InChI is InChI=1S/C13H13N3O2/c1-18-12-6-5-10(8-15-12)13(17)16-9-11-4-2-3-7-14-11/h2-8H,9H2,1H3,(H,16,17). The summed E-state index contributed by atoms with van der Waals surface area (Å²) < 4.78 is 4.93. The summed E-state index contributed by atoms with van der Waals surface area (Å²) in [6.07, 6.45) is 3.17. The third kappa shape index (κ3) is 3.04. The van der Waals surface area contributed by atoms with E-state index in [0.29, 0.717) is 18.0 Å². The molecule has 0 spiro atoms. The molecule has 0 saturated carbocycles. The zero-order chi connectivity index (χ0) is 12.8. The minimum atomic E-state index is -0.184. The molecule has 0 radical (unpaired) electrons. The molecule has 2 aromatic heterocycles. The van der Waals surface area contributed by atoms with Gasteiger partial charge in [-0.3, -0.25) is 9.78 Å². The maximum Gasteiger partial charge on any atom is 0.253 e. The first-order valence-electron chi connectivity index (χ1n) is 5.48. The minimum Gasteiger partial charge on any atom is -0.481 e. The molecule has 0 atom stereocenters. The monoisotopic (exact) mass is 243 g/mol. The molecular weight excluding hydrogens is 230 g/mol. The Labute approximate surface area is 105 Å². The molecule has 2 heterocycles. The fraction of sp³-hybridized carbons (Fsp3) is 0.154. The molecule has 1 amide bonds. The summed E-state index contributed by atoms with van der Waals surface area (Å²) in [6, 6.07) is 8.88. The molecule has 0 aromatic carbocycles. The number of carbonyl (C=O) groups is 1. The number of methoxy groups -OCH3 is 1. The third-order valence-corrected chi connectivity index (χ3v) is 2.36. The van der Waals surface area contributed by atoms with Crippen LogP contribution >= 0.6 is 0 Å². The van der Waals surface area contributed by atoms with E-state index >= 15 is 0 Å². The summed E-state index contributed by atoms with van der Waals surface area (Å²) in [5, 5.41) is 2.77. The first kappa shape index (κ1) is 12.0. The number of pyridine rings is 2. The van der Waals surface area contributed by atoms with Gasteiger partial charge in [-0.1, -0.05) is 6.07 Å². The van der Waals surface area contributed by atoms with Gasteiger partial charge in [0.15, 0.2) is 0 Å². The van der Waals surface area contributed by atoms with Crippen molar-refractivity contribution in [1.82, 2.24) is 15.3 Å². The van der Waals surface area contributed by atoms with Crippen LogP contribution in [0.4, 0.5) is 0 Å². The highest BCUT2D eigenvalue weighted by Gasteiger charge is 2.06. The van der Waals surface area contributed by atoms with Gasteiger partial charge < -0.3 is 10.1 Å². The number of nitrogens with zero attached hydrogens (tertiary/aromatic N) is 2. The van der Waals surface area contributed by atoms with Crippen molar-refractivity contribution in [2.75, 3.05) is 7.11 Å². The van der Waals surface area contributed by atoms with Crippen molar-refractivity contribution >= 4 is 5.91 Å². The van der Waals surface area contributed by atoms with Crippen LogP contribution in [0.25, 0.3) is 0 Å². The lowest BCUT2D eigenvalue weighted by atomic mass is 10.2. The van der Waals surface area contributed by atoms with Crippen molar-refractivity contribution in [3.63, 3.8) is 0 Å². The largest absolute Gasteiger partial charge is 0.481 e. The maximum absolute atomic E-state index is 11.8. The van der Waals surface area contributed by atoms with Gasteiger partial charge in [-0.15, -0.1) is 0 Å². The van der Waals surface area contributed by atoms with Gasteiger partial charge >= 0.3 is 0 Å². The molecule has 0 saturated heterocycles. The number of rotatable bonds is 4. The van der Waals surface area contributed by atoms with Crippen LogP contribution in [0, 0.1) is 0 Å². The topological polar surface area (TPSA) is 64.1 Å². The fourth-order valence-corrected chi connectivity index (χ4v) is 1.41. The number of hydrogen-bond donors (Lipinski definition) is 1. The van der Waals surface area contributed by atoms with Crippen molar-refractivity contribution < 1.29 is 9.53 Å². The maximum atomic E-state index is 11.8. The highest BCUT2D eigenvalue weighted by molar-refractivity contribution is 5.93. The molecule has 5 nitrogen and oxygen atoms in total. The predicted octanol–water partition coefficient (Wildman–Crippen LogP) is 1.42. The van der Waals surface area contributed by atoms with E-state index in [1.54, 1.807) is 18.3 Å². The van der Waals surface area contributed by atoms with Crippen molar-refractivity contribution in [2.24, 2.45) is 0 Å². The van der Waals surface area contributed by atoms with Gasteiger partial charge in [-0.2, -0.15) is 0 Å². The average molecular weight is 243 g/mol.